The number of ether oxygens (including phenoxy) is 1. The summed E-state index contributed by atoms with van der Waals surface area (Å²) in [5, 5.41) is 0. The zero-order chi connectivity index (χ0) is 9.14. The molecule has 0 bridgehead atoms. The molecule has 0 saturated heterocycles. The number of nitrogens with zero attached hydrogens (tertiary/aromatic N) is 1. The summed E-state index contributed by atoms with van der Waals surface area (Å²) in [7, 11) is 1.33. The number of halogens is 1. The molecule has 1 aromatic heterocycles. The van der Waals surface area contributed by atoms with Crippen LogP contribution in [0.5, 0.6) is 0 Å². The van der Waals surface area contributed by atoms with Gasteiger partial charge in [-0.2, -0.15) is 0 Å². The third-order valence-corrected chi connectivity index (χ3v) is 2.23. The van der Waals surface area contributed by atoms with Crippen LogP contribution in [0.3, 0.4) is 0 Å². The highest BCUT2D eigenvalue weighted by Crippen LogP contribution is 2.13. The molecule has 64 valence electrons. The van der Waals surface area contributed by atoms with E-state index < -0.39 is 5.97 Å². The summed E-state index contributed by atoms with van der Waals surface area (Å²) in [6.45, 7) is 1.90. The Hall–Kier alpha value is -0.900. The van der Waals surface area contributed by atoms with Crippen LogP contribution < -0.4 is 0 Å². The Labute approximate surface area is 78.9 Å². The normalized spacial score (nSPS) is 9.58. The third kappa shape index (κ3) is 1.82. The maximum absolute atomic E-state index is 11.0. The molecule has 0 aliphatic heterocycles. The van der Waals surface area contributed by atoms with Crippen LogP contribution in [0.2, 0.25) is 0 Å². The molecule has 12 heavy (non-hydrogen) atoms. The summed E-state index contributed by atoms with van der Waals surface area (Å²) in [5.41, 5.74) is 1.30. The van der Waals surface area contributed by atoms with Gasteiger partial charge in [-0.1, -0.05) is 6.07 Å². The SMILES string of the molecule is COC(=O)c1ccc(C)c(Br)n1. The Morgan fingerprint density at radius 2 is 2.25 bits per heavy atom. The first-order valence-electron chi connectivity index (χ1n) is 3.36. The lowest BCUT2D eigenvalue weighted by Crippen LogP contribution is -2.04. The fourth-order valence-electron chi connectivity index (χ4n) is 0.722. The Morgan fingerprint density at radius 3 is 2.75 bits per heavy atom. The molecule has 3 nitrogen and oxygen atoms in total. The number of carbonyl (C=O) groups is 1. The summed E-state index contributed by atoms with van der Waals surface area (Å²) in [6, 6.07) is 3.44. The zero-order valence-electron chi connectivity index (χ0n) is 6.80. The van der Waals surface area contributed by atoms with E-state index in [1.54, 1.807) is 6.07 Å². The van der Waals surface area contributed by atoms with Crippen LogP contribution >= 0.6 is 15.9 Å². The lowest BCUT2D eigenvalue weighted by Gasteiger charge is -2.00. The van der Waals surface area contributed by atoms with Crippen molar-refractivity contribution >= 4 is 21.9 Å². The number of aryl methyl sites for hydroxylation is 1. The van der Waals surface area contributed by atoms with E-state index in [0.717, 1.165) is 5.56 Å². The molecule has 4 heteroatoms. The zero-order valence-corrected chi connectivity index (χ0v) is 8.38. The quantitative estimate of drug-likeness (QED) is 0.546. The largest absolute Gasteiger partial charge is 0.464 e. The Balaban J connectivity index is 3.05. The van der Waals surface area contributed by atoms with Crippen molar-refractivity contribution in [3.63, 3.8) is 0 Å². The van der Waals surface area contributed by atoms with Crippen LogP contribution in [-0.4, -0.2) is 18.1 Å². The molecule has 0 unspecified atom stereocenters. The maximum Gasteiger partial charge on any atom is 0.356 e. The molecule has 1 rings (SSSR count). The molecule has 1 heterocycles. The van der Waals surface area contributed by atoms with Crippen LogP contribution in [0.1, 0.15) is 16.1 Å². The van der Waals surface area contributed by atoms with Crippen LogP contribution in [0.4, 0.5) is 0 Å². The van der Waals surface area contributed by atoms with Gasteiger partial charge in [-0.3, -0.25) is 0 Å². The summed E-state index contributed by atoms with van der Waals surface area (Å²) in [5.74, 6) is -0.421. The second-order valence-electron chi connectivity index (χ2n) is 2.30. The van der Waals surface area contributed by atoms with Crippen molar-refractivity contribution in [2.24, 2.45) is 0 Å². The second kappa shape index (κ2) is 3.67. The minimum Gasteiger partial charge on any atom is -0.464 e. The first-order chi connectivity index (χ1) is 5.65. The Bertz CT molecular complexity index is 312. The van der Waals surface area contributed by atoms with E-state index >= 15 is 0 Å². The van der Waals surface area contributed by atoms with Crippen LogP contribution in [-0.2, 0) is 4.74 Å². The van der Waals surface area contributed by atoms with Gasteiger partial charge in [0.1, 0.15) is 10.3 Å². The highest BCUT2D eigenvalue weighted by atomic mass is 79.9. The maximum atomic E-state index is 11.0. The van der Waals surface area contributed by atoms with Gasteiger partial charge in [0.15, 0.2) is 0 Å². The van der Waals surface area contributed by atoms with Crippen molar-refractivity contribution in [1.82, 2.24) is 4.98 Å². The number of hydrogen-bond donors (Lipinski definition) is 0. The first kappa shape index (κ1) is 9.19. The fourth-order valence-corrected chi connectivity index (χ4v) is 1.05. The summed E-state index contributed by atoms with van der Waals surface area (Å²) in [4.78, 5) is 15.0. The monoisotopic (exact) mass is 229 g/mol. The predicted molar refractivity (Wildman–Crippen MR) is 48.0 cm³/mol. The standard InChI is InChI=1S/C8H8BrNO2/c1-5-3-4-6(8(11)12-2)10-7(5)9/h3-4H,1-2H3. The molecule has 0 spiro atoms. The van der Waals surface area contributed by atoms with Gasteiger partial charge in [-0.05, 0) is 34.5 Å². The number of hydrogen-bond acceptors (Lipinski definition) is 3. The van der Waals surface area contributed by atoms with Gasteiger partial charge < -0.3 is 4.74 Å². The highest BCUT2D eigenvalue weighted by molar-refractivity contribution is 9.10. The first-order valence-corrected chi connectivity index (χ1v) is 4.16. The van der Waals surface area contributed by atoms with Gasteiger partial charge in [0.05, 0.1) is 7.11 Å². The lowest BCUT2D eigenvalue weighted by molar-refractivity contribution is 0.0594. The molecule has 1 aromatic rings. The average Bonchev–Trinajstić information content (AvgIpc) is 2.08. The Morgan fingerprint density at radius 1 is 1.58 bits per heavy atom. The molecule has 0 saturated carbocycles. The Kier molecular flexibility index (Phi) is 2.81. The predicted octanol–water partition coefficient (Wildman–Crippen LogP) is 1.94. The molecule has 0 aliphatic carbocycles. The van der Waals surface area contributed by atoms with Crippen molar-refractivity contribution in [3.8, 4) is 0 Å². The topological polar surface area (TPSA) is 39.2 Å². The molecular weight excluding hydrogens is 222 g/mol. The van der Waals surface area contributed by atoms with E-state index in [2.05, 4.69) is 25.7 Å². The van der Waals surface area contributed by atoms with E-state index in [1.165, 1.54) is 7.11 Å². The average molecular weight is 230 g/mol. The highest BCUT2D eigenvalue weighted by Gasteiger charge is 2.07. The van der Waals surface area contributed by atoms with E-state index in [-0.39, 0.29) is 0 Å². The van der Waals surface area contributed by atoms with Gasteiger partial charge in [-0.15, -0.1) is 0 Å². The van der Waals surface area contributed by atoms with Crippen LogP contribution in [0, 0.1) is 6.92 Å². The number of aromatic nitrogens is 1. The molecule has 0 atom stereocenters. The van der Waals surface area contributed by atoms with Crippen molar-refractivity contribution in [2.45, 2.75) is 6.92 Å². The van der Waals surface area contributed by atoms with E-state index in [9.17, 15) is 4.79 Å². The molecule has 0 radical (unpaired) electrons. The minimum atomic E-state index is -0.421. The summed E-state index contributed by atoms with van der Waals surface area (Å²) in [6.07, 6.45) is 0. The van der Waals surface area contributed by atoms with E-state index in [4.69, 9.17) is 0 Å². The van der Waals surface area contributed by atoms with E-state index in [1.807, 2.05) is 13.0 Å². The van der Waals surface area contributed by atoms with Crippen molar-refractivity contribution in [2.75, 3.05) is 7.11 Å². The summed E-state index contributed by atoms with van der Waals surface area (Å²) < 4.78 is 5.18. The van der Waals surface area contributed by atoms with Gasteiger partial charge in [0.25, 0.3) is 0 Å². The van der Waals surface area contributed by atoms with Crippen LogP contribution in [0.25, 0.3) is 0 Å². The summed E-state index contributed by atoms with van der Waals surface area (Å²) >= 11 is 3.22. The third-order valence-electron chi connectivity index (χ3n) is 1.43. The molecule has 0 amide bonds. The minimum absolute atomic E-state index is 0.315. The number of carbonyl (C=O) groups excluding carboxylic acids is 1. The number of pyridine rings is 1. The van der Waals surface area contributed by atoms with Crippen molar-refractivity contribution in [1.29, 1.82) is 0 Å². The van der Waals surface area contributed by atoms with Crippen LogP contribution in [0.15, 0.2) is 16.7 Å². The molecule has 0 fully saturated rings. The van der Waals surface area contributed by atoms with Gasteiger partial charge in [0.2, 0.25) is 0 Å². The fraction of sp³-hybridized carbons (Fsp3) is 0.250. The van der Waals surface area contributed by atoms with Gasteiger partial charge in [0, 0.05) is 0 Å². The van der Waals surface area contributed by atoms with Crippen molar-refractivity contribution in [3.05, 3.63) is 28.0 Å². The smallest absolute Gasteiger partial charge is 0.356 e. The van der Waals surface area contributed by atoms with E-state index in [0.29, 0.717) is 10.3 Å². The van der Waals surface area contributed by atoms with Gasteiger partial charge in [-0.25, -0.2) is 9.78 Å². The number of methoxy groups -OCH3 is 1. The number of rotatable bonds is 1. The van der Waals surface area contributed by atoms with Crippen molar-refractivity contribution < 1.29 is 9.53 Å². The molecule has 0 aliphatic rings. The van der Waals surface area contributed by atoms with Gasteiger partial charge >= 0.3 is 5.97 Å². The lowest BCUT2D eigenvalue weighted by atomic mass is 10.3. The molecular formula is C8H8BrNO2. The second-order valence-corrected chi connectivity index (χ2v) is 3.05. The molecule has 0 N–H and O–H groups in total. The number of esters is 1. The molecule has 0 aromatic carbocycles.